The van der Waals surface area contributed by atoms with E-state index in [1.165, 1.54) is 28.8 Å². The van der Waals surface area contributed by atoms with Crippen LogP contribution in [0.15, 0.2) is 60.7 Å². The second-order valence-corrected chi connectivity index (χ2v) is 13.8. The van der Waals surface area contributed by atoms with Crippen molar-refractivity contribution in [3.63, 3.8) is 0 Å². The van der Waals surface area contributed by atoms with Crippen LogP contribution in [0.2, 0.25) is 0 Å². The fourth-order valence-corrected chi connectivity index (χ4v) is 7.74. The molecule has 1 atom stereocenters. The van der Waals surface area contributed by atoms with Crippen LogP contribution >= 0.6 is 0 Å². The number of hydrogen-bond donors (Lipinski definition) is 1. The number of amides is 3. The summed E-state index contributed by atoms with van der Waals surface area (Å²) < 4.78 is 43.3. The van der Waals surface area contributed by atoms with Crippen molar-refractivity contribution in [2.75, 3.05) is 44.2 Å². The van der Waals surface area contributed by atoms with Gasteiger partial charge in [-0.25, -0.2) is 0 Å². The average molecular weight is 701 g/mol. The van der Waals surface area contributed by atoms with Gasteiger partial charge in [-0.2, -0.15) is 5.26 Å². The summed E-state index contributed by atoms with van der Waals surface area (Å²) in [4.78, 5) is 45.3. The van der Waals surface area contributed by atoms with Crippen LogP contribution in [0.4, 0.5) is 18.9 Å². The third-order valence-electron chi connectivity index (χ3n) is 10.5. The number of piperazine rings is 1. The maximum atomic E-state index is 13.1. The number of piperidine rings is 2. The average Bonchev–Trinajstić information content (AvgIpc) is 3.44. The van der Waals surface area contributed by atoms with Gasteiger partial charge in [-0.05, 0) is 78.7 Å². The highest BCUT2D eigenvalue weighted by Crippen LogP contribution is 2.36. The van der Waals surface area contributed by atoms with E-state index in [1.54, 1.807) is 4.90 Å². The first-order chi connectivity index (χ1) is 24.5. The number of alkyl halides is 3. The summed E-state index contributed by atoms with van der Waals surface area (Å²) in [6.07, 6.45) is -2.22. The molecule has 13 heteroatoms. The van der Waals surface area contributed by atoms with E-state index in [9.17, 15) is 27.6 Å². The first-order valence-corrected chi connectivity index (χ1v) is 17.4. The predicted molar refractivity (Wildman–Crippen MR) is 182 cm³/mol. The van der Waals surface area contributed by atoms with Gasteiger partial charge < -0.3 is 14.5 Å². The van der Waals surface area contributed by atoms with Gasteiger partial charge in [0.1, 0.15) is 6.04 Å². The van der Waals surface area contributed by atoms with Crippen molar-refractivity contribution in [1.29, 1.82) is 5.26 Å². The number of fused-ring (bicyclic) bond motifs is 1. The lowest BCUT2D eigenvalue weighted by molar-refractivity contribution is -0.274. The third kappa shape index (κ3) is 7.87. The summed E-state index contributed by atoms with van der Waals surface area (Å²) in [5.41, 5.74) is 5.68. The summed E-state index contributed by atoms with van der Waals surface area (Å²) in [6.45, 7) is 6.36. The fourth-order valence-electron chi connectivity index (χ4n) is 7.74. The van der Waals surface area contributed by atoms with Gasteiger partial charge in [0.05, 0.1) is 17.3 Å². The van der Waals surface area contributed by atoms with Crippen molar-refractivity contribution in [2.45, 2.75) is 63.6 Å². The number of carbonyl (C=O) groups is 3. The lowest BCUT2D eigenvalue weighted by Crippen LogP contribution is -2.52. The molecule has 0 spiro atoms. The number of nitrogens with zero attached hydrogens (tertiary/aromatic N) is 5. The minimum Gasteiger partial charge on any atom is -0.404 e. The van der Waals surface area contributed by atoms with Gasteiger partial charge >= 0.3 is 6.36 Å². The van der Waals surface area contributed by atoms with Crippen LogP contribution in [0, 0.1) is 11.3 Å². The number of halogens is 3. The zero-order valence-electron chi connectivity index (χ0n) is 28.1. The van der Waals surface area contributed by atoms with E-state index >= 15 is 0 Å². The van der Waals surface area contributed by atoms with Gasteiger partial charge in [-0.3, -0.25) is 29.5 Å². The third-order valence-corrected chi connectivity index (χ3v) is 10.5. The molecule has 4 heterocycles. The van der Waals surface area contributed by atoms with Crippen molar-refractivity contribution in [3.05, 3.63) is 94.0 Å². The molecule has 51 heavy (non-hydrogen) atoms. The molecule has 3 saturated heterocycles. The second-order valence-electron chi connectivity index (χ2n) is 13.8. The van der Waals surface area contributed by atoms with Crippen LogP contribution in [-0.2, 0) is 29.2 Å². The molecule has 0 bridgehead atoms. The second kappa shape index (κ2) is 14.4. The smallest absolute Gasteiger partial charge is 0.404 e. The number of benzene rings is 3. The number of anilines is 1. The van der Waals surface area contributed by atoms with E-state index in [-0.39, 0.29) is 29.5 Å². The molecule has 0 aliphatic carbocycles. The quantitative estimate of drug-likeness (QED) is 0.330. The van der Waals surface area contributed by atoms with Gasteiger partial charge in [-0.15, -0.1) is 13.2 Å². The topological polar surface area (TPSA) is 109 Å². The summed E-state index contributed by atoms with van der Waals surface area (Å²) in [6, 6.07) is 20.1. The molecular weight excluding hydrogens is 661 g/mol. The highest BCUT2D eigenvalue weighted by Gasteiger charge is 2.39. The number of ether oxygens (including phenoxy) is 1. The Labute approximate surface area is 294 Å². The van der Waals surface area contributed by atoms with Gasteiger partial charge in [0.15, 0.2) is 5.75 Å². The molecule has 1 N–H and O–H groups in total. The molecule has 3 aromatic rings. The van der Waals surface area contributed by atoms with Crippen molar-refractivity contribution in [1.82, 2.24) is 20.0 Å². The molecular formula is C38H39F3N6O4. The molecule has 0 aromatic heterocycles. The van der Waals surface area contributed by atoms with Crippen LogP contribution in [0.5, 0.6) is 5.75 Å². The number of imide groups is 1. The Bertz CT molecular complexity index is 1840. The van der Waals surface area contributed by atoms with Crippen molar-refractivity contribution in [3.8, 4) is 11.8 Å². The molecule has 3 fully saturated rings. The highest BCUT2D eigenvalue weighted by molar-refractivity contribution is 6.05. The van der Waals surface area contributed by atoms with E-state index in [1.807, 2.05) is 17.0 Å². The summed E-state index contributed by atoms with van der Waals surface area (Å²) in [5.74, 6) is -0.787. The molecule has 0 radical (unpaired) electrons. The van der Waals surface area contributed by atoms with E-state index in [0.29, 0.717) is 56.3 Å². The first kappa shape index (κ1) is 34.5. The number of likely N-dealkylation sites (tertiary alicyclic amines) is 1. The number of carbonyl (C=O) groups excluding carboxylic acids is 3. The lowest BCUT2D eigenvalue weighted by atomic mass is 9.87. The standard InChI is InChI=1S/C38H39F3N6O4/c39-38(40,41)51-34-19-27(21-42)5-8-32(34)46-17-15-45(16-18-46)23-26-3-1-25(2-4-26)22-44-13-11-28(12-14-44)29-6-7-31-30(20-29)24-47(37(31)50)33-9-10-35(48)43-36(33)49/h1-8,19-20,28,33H,9-18,22-24H2,(H,43,48,49). The van der Waals surface area contributed by atoms with Gasteiger partial charge in [0.25, 0.3) is 5.91 Å². The zero-order valence-corrected chi connectivity index (χ0v) is 28.1. The van der Waals surface area contributed by atoms with E-state index in [4.69, 9.17) is 5.26 Å². The zero-order chi connectivity index (χ0) is 35.7. The highest BCUT2D eigenvalue weighted by atomic mass is 19.4. The SMILES string of the molecule is N#Cc1ccc(N2CCN(Cc3ccc(CN4CCC(c5ccc6c(c5)CN(C5CCC(=O)NC5=O)C6=O)CC4)cc3)CC2)c(OC(F)(F)F)c1. The number of nitriles is 1. The monoisotopic (exact) mass is 700 g/mol. The molecule has 266 valence electrons. The normalized spacial score (nSPS) is 20.7. The summed E-state index contributed by atoms with van der Waals surface area (Å²) >= 11 is 0. The Morgan fingerprint density at radius 2 is 1.49 bits per heavy atom. The maximum Gasteiger partial charge on any atom is 0.573 e. The molecule has 10 nitrogen and oxygen atoms in total. The van der Waals surface area contributed by atoms with Crippen LogP contribution < -0.4 is 15.0 Å². The van der Waals surface area contributed by atoms with Crippen molar-refractivity contribution < 1.29 is 32.3 Å². The van der Waals surface area contributed by atoms with Crippen molar-refractivity contribution >= 4 is 23.4 Å². The Hall–Kier alpha value is -4.93. The Morgan fingerprint density at radius 3 is 2.12 bits per heavy atom. The maximum absolute atomic E-state index is 13.1. The predicted octanol–water partition coefficient (Wildman–Crippen LogP) is 4.92. The molecule has 0 saturated carbocycles. The Morgan fingerprint density at radius 1 is 0.824 bits per heavy atom. The molecule has 1 unspecified atom stereocenters. The fraction of sp³-hybridized carbons (Fsp3) is 0.421. The van der Waals surface area contributed by atoms with Crippen LogP contribution in [-0.4, -0.2) is 84.1 Å². The van der Waals surface area contributed by atoms with Crippen LogP contribution in [0.25, 0.3) is 0 Å². The number of rotatable bonds is 8. The Balaban J connectivity index is 0.875. The largest absolute Gasteiger partial charge is 0.573 e. The molecule has 4 aliphatic heterocycles. The number of nitrogens with one attached hydrogen (secondary N) is 1. The van der Waals surface area contributed by atoms with Gasteiger partial charge in [0, 0.05) is 63.9 Å². The minimum atomic E-state index is -4.84. The molecule has 3 amide bonds. The molecule has 4 aliphatic rings. The van der Waals surface area contributed by atoms with E-state index in [2.05, 4.69) is 56.3 Å². The van der Waals surface area contributed by atoms with Gasteiger partial charge in [-0.1, -0.05) is 36.4 Å². The lowest BCUT2D eigenvalue weighted by Gasteiger charge is -2.36. The van der Waals surface area contributed by atoms with E-state index < -0.39 is 18.3 Å². The van der Waals surface area contributed by atoms with Crippen molar-refractivity contribution in [2.24, 2.45) is 0 Å². The molecule has 7 rings (SSSR count). The molecule has 3 aromatic carbocycles. The summed E-state index contributed by atoms with van der Waals surface area (Å²) in [7, 11) is 0. The summed E-state index contributed by atoms with van der Waals surface area (Å²) in [5, 5.41) is 11.5. The number of hydrogen-bond acceptors (Lipinski definition) is 8. The van der Waals surface area contributed by atoms with Crippen LogP contribution in [0.1, 0.15) is 69.8 Å². The van der Waals surface area contributed by atoms with E-state index in [0.717, 1.165) is 50.7 Å². The van der Waals surface area contributed by atoms with Crippen LogP contribution in [0.3, 0.4) is 0 Å². The first-order valence-electron chi connectivity index (χ1n) is 17.4. The Kier molecular flexibility index (Phi) is 9.72. The minimum absolute atomic E-state index is 0.113. The van der Waals surface area contributed by atoms with Gasteiger partial charge in [0.2, 0.25) is 11.8 Å².